The van der Waals surface area contributed by atoms with Crippen molar-refractivity contribution in [2.24, 2.45) is 0 Å². The van der Waals surface area contributed by atoms with E-state index in [2.05, 4.69) is 20.7 Å². The van der Waals surface area contributed by atoms with Crippen LogP contribution in [0.4, 0.5) is 5.82 Å². The first-order valence-electron chi connectivity index (χ1n) is 3.05. The molecule has 1 aromatic rings. The summed E-state index contributed by atoms with van der Waals surface area (Å²) < 4.78 is 0. The van der Waals surface area contributed by atoms with Crippen LogP contribution in [0.1, 0.15) is 6.92 Å². The third kappa shape index (κ3) is 1.92. The topological polar surface area (TPSA) is 90.9 Å². The molecule has 1 unspecified atom stereocenters. The van der Waals surface area contributed by atoms with Crippen molar-refractivity contribution in [1.29, 1.82) is 0 Å². The van der Waals surface area contributed by atoms with Gasteiger partial charge in [0.2, 0.25) is 0 Å². The van der Waals surface area contributed by atoms with Crippen LogP contribution < -0.4 is 5.32 Å². The van der Waals surface area contributed by atoms with E-state index in [4.69, 9.17) is 5.11 Å². The number of hydrogen-bond acceptors (Lipinski definition) is 4. The Bertz CT molecular complexity index is 233. The summed E-state index contributed by atoms with van der Waals surface area (Å²) in [4.78, 5) is 10.3. The molecule has 0 bridgehead atoms. The number of carboxylic acids is 1. The van der Waals surface area contributed by atoms with Gasteiger partial charge in [0.05, 0.1) is 6.20 Å². The normalized spacial score (nSPS) is 12.5. The molecule has 0 fully saturated rings. The molecule has 1 aromatic heterocycles. The molecular weight excluding hydrogens is 148 g/mol. The minimum absolute atomic E-state index is 0.430. The molecule has 0 radical (unpaired) electrons. The highest BCUT2D eigenvalue weighted by Gasteiger charge is 2.10. The summed E-state index contributed by atoms with van der Waals surface area (Å²) in [6.45, 7) is 1.52. The lowest BCUT2D eigenvalue weighted by molar-refractivity contribution is -0.137. The second kappa shape index (κ2) is 3.00. The Balaban J connectivity index is 2.50. The fraction of sp³-hybridized carbons (Fsp3) is 0.400. The van der Waals surface area contributed by atoms with Gasteiger partial charge < -0.3 is 10.4 Å². The first-order chi connectivity index (χ1) is 5.20. The monoisotopic (exact) mass is 156 g/mol. The molecule has 0 aromatic carbocycles. The average molecular weight is 156 g/mol. The minimum atomic E-state index is -0.923. The Morgan fingerprint density at radius 2 is 2.64 bits per heavy atom. The van der Waals surface area contributed by atoms with E-state index in [1.54, 1.807) is 0 Å². The summed E-state index contributed by atoms with van der Waals surface area (Å²) >= 11 is 0. The van der Waals surface area contributed by atoms with Gasteiger partial charge in [-0.25, -0.2) is 0 Å². The summed E-state index contributed by atoms with van der Waals surface area (Å²) in [5.74, 6) is -0.493. The van der Waals surface area contributed by atoms with E-state index >= 15 is 0 Å². The fourth-order valence-electron chi connectivity index (χ4n) is 0.555. The number of aromatic amines is 1. The molecule has 11 heavy (non-hydrogen) atoms. The van der Waals surface area contributed by atoms with E-state index in [1.807, 2.05) is 0 Å². The van der Waals surface area contributed by atoms with Gasteiger partial charge in [-0.05, 0) is 6.92 Å². The average Bonchev–Trinajstić information content (AvgIpc) is 2.39. The maximum Gasteiger partial charge on any atom is 0.325 e. The Labute approximate surface area is 62.6 Å². The molecule has 6 nitrogen and oxygen atoms in total. The predicted octanol–water partition coefficient (Wildman–Crippen LogP) is -0.310. The number of carboxylic acid groups (broad SMARTS) is 1. The van der Waals surface area contributed by atoms with Gasteiger partial charge in [-0.2, -0.15) is 10.3 Å². The van der Waals surface area contributed by atoms with E-state index in [9.17, 15) is 4.79 Å². The summed E-state index contributed by atoms with van der Waals surface area (Å²) in [5, 5.41) is 20.6. The third-order valence-corrected chi connectivity index (χ3v) is 1.15. The molecule has 1 heterocycles. The lowest BCUT2D eigenvalue weighted by Crippen LogP contribution is -2.25. The van der Waals surface area contributed by atoms with Crippen LogP contribution in [0.3, 0.4) is 0 Å². The molecule has 0 spiro atoms. The highest BCUT2D eigenvalue weighted by molar-refractivity contribution is 5.76. The van der Waals surface area contributed by atoms with Crippen LogP contribution in [0.25, 0.3) is 0 Å². The Kier molecular flexibility index (Phi) is 2.05. The molecule has 0 saturated heterocycles. The number of aromatic nitrogens is 3. The van der Waals surface area contributed by atoms with Crippen molar-refractivity contribution in [3.05, 3.63) is 6.20 Å². The predicted molar refractivity (Wildman–Crippen MR) is 37.1 cm³/mol. The molecule has 0 amide bonds. The fourth-order valence-corrected chi connectivity index (χ4v) is 0.555. The van der Waals surface area contributed by atoms with E-state index < -0.39 is 12.0 Å². The van der Waals surface area contributed by atoms with E-state index in [0.717, 1.165) is 0 Å². The lowest BCUT2D eigenvalue weighted by atomic mass is 10.3. The molecule has 0 aliphatic carbocycles. The summed E-state index contributed by atoms with van der Waals surface area (Å²) in [6, 6.07) is -0.653. The van der Waals surface area contributed by atoms with Gasteiger partial charge in [-0.1, -0.05) is 0 Å². The second-order valence-corrected chi connectivity index (χ2v) is 2.06. The van der Waals surface area contributed by atoms with Gasteiger partial charge in [0, 0.05) is 0 Å². The molecule has 0 saturated carbocycles. The number of carbonyl (C=O) groups is 1. The van der Waals surface area contributed by atoms with Gasteiger partial charge in [0.15, 0.2) is 5.82 Å². The number of anilines is 1. The largest absolute Gasteiger partial charge is 0.480 e. The summed E-state index contributed by atoms with van der Waals surface area (Å²) in [7, 11) is 0. The van der Waals surface area contributed by atoms with Crippen molar-refractivity contribution >= 4 is 11.8 Å². The molecule has 6 heteroatoms. The van der Waals surface area contributed by atoms with Gasteiger partial charge in [0.1, 0.15) is 6.04 Å². The van der Waals surface area contributed by atoms with Gasteiger partial charge in [-0.15, -0.1) is 5.10 Å². The molecule has 1 atom stereocenters. The van der Waals surface area contributed by atoms with Crippen LogP contribution in [0.5, 0.6) is 0 Å². The van der Waals surface area contributed by atoms with Crippen LogP contribution in [0.15, 0.2) is 6.20 Å². The lowest BCUT2D eigenvalue weighted by Gasteiger charge is -2.05. The van der Waals surface area contributed by atoms with Gasteiger partial charge in [-0.3, -0.25) is 4.79 Å². The molecular formula is C5H8N4O2. The van der Waals surface area contributed by atoms with Crippen molar-refractivity contribution in [2.45, 2.75) is 13.0 Å². The Hall–Kier alpha value is -1.59. The van der Waals surface area contributed by atoms with Crippen molar-refractivity contribution in [2.75, 3.05) is 5.32 Å². The standard InChI is InChI=1S/C5H8N4O2/c1-3(5(10)11)7-4-2-6-9-8-4/h2-3H,1H3,(H,10,11)(H2,6,7,8,9). The van der Waals surface area contributed by atoms with Gasteiger partial charge in [0.25, 0.3) is 0 Å². The first-order valence-corrected chi connectivity index (χ1v) is 3.05. The number of nitrogens with one attached hydrogen (secondary N) is 2. The van der Waals surface area contributed by atoms with Crippen molar-refractivity contribution in [1.82, 2.24) is 15.4 Å². The van der Waals surface area contributed by atoms with E-state index in [-0.39, 0.29) is 0 Å². The summed E-state index contributed by atoms with van der Waals surface area (Å²) in [5.41, 5.74) is 0. The SMILES string of the molecule is CC(Nc1cn[nH]n1)C(=O)O. The zero-order valence-electron chi connectivity index (χ0n) is 5.90. The third-order valence-electron chi connectivity index (χ3n) is 1.15. The number of H-pyrrole nitrogens is 1. The summed E-state index contributed by atoms with van der Waals surface area (Å²) in [6.07, 6.45) is 1.42. The van der Waals surface area contributed by atoms with Crippen LogP contribution >= 0.6 is 0 Å². The van der Waals surface area contributed by atoms with Gasteiger partial charge >= 0.3 is 5.97 Å². The highest BCUT2D eigenvalue weighted by atomic mass is 16.4. The zero-order chi connectivity index (χ0) is 8.27. The van der Waals surface area contributed by atoms with E-state index in [0.29, 0.717) is 5.82 Å². The highest BCUT2D eigenvalue weighted by Crippen LogP contribution is 1.98. The molecule has 0 aliphatic rings. The number of rotatable bonds is 3. The second-order valence-electron chi connectivity index (χ2n) is 2.06. The number of aliphatic carboxylic acids is 1. The van der Waals surface area contributed by atoms with Crippen LogP contribution in [0, 0.1) is 0 Å². The molecule has 1 rings (SSSR count). The number of hydrogen-bond donors (Lipinski definition) is 3. The van der Waals surface area contributed by atoms with Crippen LogP contribution in [-0.4, -0.2) is 32.5 Å². The maximum absolute atomic E-state index is 10.3. The minimum Gasteiger partial charge on any atom is -0.480 e. The Morgan fingerprint density at radius 3 is 3.09 bits per heavy atom. The quantitative estimate of drug-likeness (QED) is 0.558. The molecule has 0 aliphatic heterocycles. The van der Waals surface area contributed by atoms with Crippen molar-refractivity contribution in [3.63, 3.8) is 0 Å². The van der Waals surface area contributed by atoms with Crippen LogP contribution in [-0.2, 0) is 4.79 Å². The van der Waals surface area contributed by atoms with E-state index in [1.165, 1.54) is 13.1 Å². The first kappa shape index (κ1) is 7.52. The Morgan fingerprint density at radius 1 is 1.91 bits per heavy atom. The van der Waals surface area contributed by atoms with Crippen LogP contribution in [0.2, 0.25) is 0 Å². The van der Waals surface area contributed by atoms with Crippen molar-refractivity contribution < 1.29 is 9.90 Å². The zero-order valence-corrected chi connectivity index (χ0v) is 5.90. The number of nitrogens with zero attached hydrogens (tertiary/aromatic N) is 2. The van der Waals surface area contributed by atoms with Crippen molar-refractivity contribution in [3.8, 4) is 0 Å². The smallest absolute Gasteiger partial charge is 0.325 e. The maximum atomic E-state index is 10.3. The molecule has 3 N–H and O–H groups in total. The molecule has 60 valence electrons.